The molecule has 28 heavy (non-hydrogen) atoms. The zero-order valence-corrected chi connectivity index (χ0v) is 17.9. The number of hydrogen-bond donors (Lipinski definition) is 0. The van der Waals surface area contributed by atoms with E-state index < -0.39 is 25.1 Å². The Morgan fingerprint density at radius 3 is 2.61 bits per heavy atom. The maximum Gasteiger partial charge on any atom is 0.218 e. The summed E-state index contributed by atoms with van der Waals surface area (Å²) in [6.45, 7) is 5.66. The van der Waals surface area contributed by atoms with Gasteiger partial charge in [-0.3, -0.25) is 0 Å². The predicted molar refractivity (Wildman–Crippen MR) is 104 cm³/mol. The van der Waals surface area contributed by atoms with Crippen molar-refractivity contribution in [3.63, 3.8) is 0 Å². The van der Waals surface area contributed by atoms with Gasteiger partial charge in [-0.1, -0.05) is 19.0 Å². The largest absolute Gasteiger partial charge is 0.356 e. The number of sulfone groups is 1. The summed E-state index contributed by atoms with van der Waals surface area (Å²) in [6.07, 6.45) is 1.72. The Bertz CT molecular complexity index is 1080. The lowest BCUT2D eigenvalue weighted by Crippen LogP contribution is -2.36. The molecule has 0 amide bonds. The van der Waals surface area contributed by atoms with Crippen LogP contribution in [0.15, 0.2) is 16.8 Å². The third-order valence-corrected chi connectivity index (χ3v) is 8.94. The van der Waals surface area contributed by atoms with Crippen LogP contribution < -0.4 is 0 Å². The molecule has 3 heterocycles. The molecule has 1 saturated heterocycles. The van der Waals surface area contributed by atoms with Gasteiger partial charge in [0.2, 0.25) is 10.0 Å². The van der Waals surface area contributed by atoms with Gasteiger partial charge in [-0.15, -0.1) is 0 Å². The highest BCUT2D eigenvalue weighted by Crippen LogP contribution is 2.27. The van der Waals surface area contributed by atoms with Crippen LogP contribution in [-0.2, 0) is 26.4 Å². The van der Waals surface area contributed by atoms with E-state index in [1.54, 1.807) is 19.2 Å². The van der Waals surface area contributed by atoms with Crippen LogP contribution in [0.1, 0.15) is 43.4 Å². The Morgan fingerprint density at radius 1 is 1.36 bits per heavy atom. The lowest BCUT2D eigenvalue weighted by atomic mass is 10.1. The van der Waals surface area contributed by atoms with Gasteiger partial charge in [0, 0.05) is 25.2 Å². The second-order valence-electron chi connectivity index (χ2n) is 7.40. The van der Waals surface area contributed by atoms with Crippen LogP contribution in [0.3, 0.4) is 0 Å². The first-order chi connectivity index (χ1) is 13.0. The van der Waals surface area contributed by atoms with E-state index in [9.17, 15) is 16.8 Å². The summed E-state index contributed by atoms with van der Waals surface area (Å²) in [5, 5.41) is 2.94. The minimum Gasteiger partial charge on any atom is -0.356 e. The maximum atomic E-state index is 12.9. The summed E-state index contributed by atoms with van der Waals surface area (Å²) in [6, 6.07) is 1.73. The fourth-order valence-electron chi connectivity index (χ4n) is 3.08. The van der Waals surface area contributed by atoms with Crippen LogP contribution in [0, 0.1) is 6.92 Å². The van der Waals surface area contributed by atoms with Crippen LogP contribution in [0.4, 0.5) is 0 Å². The minimum absolute atomic E-state index is 0.0177. The number of rotatable bonds is 6. The summed E-state index contributed by atoms with van der Waals surface area (Å²) in [5.74, 6) is 0.667. The van der Waals surface area contributed by atoms with Crippen molar-refractivity contribution in [2.45, 2.75) is 44.9 Å². The third kappa shape index (κ3) is 4.26. The van der Waals surface area contributed by atoms with E-state index in [4.69, 9.17) is 4.52 Å². The van der Waals surface area contributed by atoms with Crippen LogP contribution in [0.5, 0.6) is 0 Å². The maximum absolute atomic E-state index is 12.9. The van der Waals surface area contributed by atoms with E-state index >= 15 is 0 Å². The smallest absolute Gasteiger partial charge is 0.218 e. The number of sulfonamides is 1. The van der Waals surface area contributed by atoms with Gasteiger partial charge in [0.15, 0.2) is 15.6 Å². The molecule has 0 aliphatic carbocycles. The molecule has 2 aromatic rings. The first-order valence-electron chi connectivity index (χ1n) is 8.94. The Hall–Kier alpha value is -1.85. The molecule has 2 aromatic heterocycles. The average Bonchev–Trinajstić information content (AvgIpc) is 3.20. The van der Waals surface area contributed by atoms with E-state index in [0.717, 1.165) is 4.31 Å². The van der Waals surface area contributed by atoms with Gasteiger partial charge in [-0.05, 0) is 13.3 Å². The van der Waals surface area contributed by atoms with Crippen LogP contribution in [-0.4, -0.2) is 60.1 Å². The van der Waals surface area contributed by atoms with Gasteiger partial charge in [-0.2, -0.15) is 4.31 Å². The Kier molecular flexibility index (Phi) is 5.61. The zero-order chi connectivity index (χ0) is 20.7. The van der Waals surface area contributed by atoms with E-state index in [2.05, 4.69) is 15.1 Å². The first kappa shape index (κ1) is 20.9. The molecule has 1 atom stereocenters. The van der Waals surface area contributed by atoms with Crippen LogP contribution >= 0.6 is 0 Å². The third-order valence-electron chi connectivity index (χ3n) is 4.71. The monoisotopic (exact) mass is 428 g/mol. The van der Waals surface area contributed by atoms with Crippen molar-refractivity contribution in [2.24, 2.45) is 0 Å². The van der Waals surface area contributed by atoms with Gasteiger partial charge in [0.1, 0.15) is 5.82 Å². The molecule has 0 bridgehead atoms. The van der Waals surface area contributed by atoms with Crippen molar-refractivity contribution < 1.29 is 21.4 Å². The molecular weight excluding hydrogens is 404 g/mol. The van der Waals surface area contributed by atoms with E-state index in [-0.39, 0.29) is 30.4 Å². The van der Waals surface area contributed by atoms with Crippen LogP contribution in [0.2, 0.25) is 0 Å². The fourth-order valence-corrected chi connectivity index (χ4v) is 7.31. The Morgan fingerprint density at radius 2 is 2.07 bits per heavy atom. The number of nitrogens with zero attached hydrogens (tertiary/aromatic N) is 4. The van der Waals surface area contributed by atoms with Crippen molar-refractivity contribution in [3.05, 3.63) is 29.5 Å². The molecule has 154 valence electrons. The summed E-state index contributed by atoms with van der Waals surface area (Å²) in [7, 11) is -5.66. The standard InChI is InChI=1S/C17H24N4O5S2/c1-11(2)17-18-8-14(16-7-12(3)20-26-16)15(19-17)9-21(4)28(24,25)13-5-6-27(22,23)10-13/h7-8,11,13H,5-6,9-10H2,1-4H3. The molecule has 9 nitrogen and oxygen atoms in total. The lowest BCUT2D eigenvalue weighted by Gasteiger charge is -2.21. The molecule has 0 radical (unpaired) electrons. The molecule has 0 saturated carbocycles. The quantitative estimate of drug-likeness (QED) is 0.678. The normalized spacial score (nSPS) is 19.6. The number of aryl methyl sites for hydroxylation is 1. The molecule has 1 unspecified atom stereocenters. The second-order valence-corrected chi connectivity index (χ2v) is 12.0. The molecule has 3 rings (SSSR count). The minimum atomic E-state index is -3.79. The lowest BCUT2D eigenvalue weighted by molar-refractivity contribution is 0.423. The van der Waals surface area contributed by atoms with Gasteiger partial charge >= 0.3 is 0 Å². The second kappa shape index (κ2) is 7.53. The fraction of sp³-hybridized carbons (Fsp3) is 0.588. The van der Waals surface area contributed by atoms with E-state index in [1.165, 1.54) is 7.05 Å². The molecule has 1 aliphatic rings. The van der Waals surface area contributed by atoms with Gasteiger partial charge in [-0.25, -0.2) is 26.8 Å². The molecule has 1 aliphatic heterocycles. The molecule has 11 heteroatoms. The van der Waals surface area contributed by atoms with Crippen molar-refractivity contribution >= 4 is 19.9 Å². The topological polar surface area (TPSA) is 123 Å². The van der Waals surface area contributed by atoms with Gasteiger partial charge in [0.25, 0.3) is 0 Å². The Balaban J connectivity index is 1.94. The van der Waals surface area contributed by atoms with Gasteiger partial charge < -0.3 is 4.52 Å². The first-order valence-corrected chi connectivity index (χ1v) is 12.3. The Labute approximate surface area is 165 Å². The summed E-state index contributed by atoms with van der Waals surface area (Å²) in [5.41, 5.74) is 1.74. The molecular formula is C17H24N4O5S2. The average molecular weight is 429 g/mol. The highest BCUT2D eigenvalue weighted by Gasteiger charge is 2.39. The molecule has 1 fully saturated rings. The highest BCUT2D eigenvalue weighted by atomic mass is 32.2. The number of hydrogen-bond acceptors (Lipinski definition) is 8. The van der Waals surface area contributed by atoms with Crippen molar-refractivity contribution in [1.29, 1.82) is 0 Å². The molecule has 0 spiro atoms. The van der Waals surface area contributed by atoms with Gasteiger partial charge in [0.05, 0.1) is 40.3 Å². The molecule has 0 N–H and O–H groups in total. The number of aromatic nitrogens is 3. The summed E-state index contributed by atoms with van der Waals surface area (Å²) >= 11 is 0. The SMILES string of the molecule is Cc1cc(-c2cnc(C(C)C)nc2CN(C)S(=O)(=O)C2CCS(=O)(=O)C2)on1. The zero-order valence-electron chi connectivity index (χ0n) is 16.3. The van der Waals surface area contributed by atoms with Crippen molar-refractivity contribution in [1.82, 2.24) is 19.4 Å². The predicted octanol–water partition coefficient (Wildman–Crippen LogP) is 1.51. The van der Waals surface area contributed by atoms with Crippen LogP contribution in [0.25, 0.3) is 11.3 Å². The van der Waals surface area contributed by atoms with E-state index in [1.807, 2.05) is 13.8 Å². The highest BCUT2D eigenvalue weighted by molar-refractivity contribution is 7.95. The summed E-state index contributed by atoms with van der Waals surface area (Å²) < 4.78 is 55.6. The summed E-state index contributed by atoms with van der Waals surface area (Å²) in [4.78, 5) is 8.89. The van der Waals surface area contributed by atoms with Crippen molar-refractivity contribution in [2.75, 3.05) is 18.6 Å². The van der Waals surface area contributed by atoms with E-state index in [0.29, 0.717) is 28.5 Å². The van der Waals surface area contributed by atoms with Crippen molar-refractivity contribution in [3.8, 4) is 11.3 Å². The molecule has 0 aromatic carbocycles.